The van der Waals surface area contributed by atoms with Gasteiger partial charge in [-0.3, -0.25) is 9.59 Å². The Hall–Kier alpha value is -2.74. The van der Waals surface area contributed by atoms with E-state index in [0.29, 0.717) is 32.1 Å². The second kappa shape index (κ2) is 8.77. The molecule has 2 heterocycles. The molecule has 0 N–H and O–H groups in total. The van der Waals surface area contributed by atoms with E-state index in [-0.39, 0.29) is 29.5 Å². The predicted octanol–water partition coefficient (Wildman–Crippen LogP) is 1.70. The highest BCUT2D eigenvalue weighted by molar-refractivity contribution is 6.31. The average Bonchev–Trinajstić information content (AvgIpc) is 2.70. The van der Waals surface area contributed by atoms with Gasteiger partial charge in [-0.05, 0) is 18.2 Å². The lowest BCUT2D eigenvalue weighted by molar-refractivity contribution is -0.151. The molecule has 1 aromatic carbocycles. The maximum absolute atomic E-state index is 13.7. The van der Waals surface area contributed by atoms with Crippen LogP contribution in [0, 0.1) is 5.82 Å². The van der Waals surface area contributed by atoms with Gasteiger partial charge in [0.25, 0.3) is 5.91 Å². The molecule has 1 fully saturated rings. The number of piperazine rings is 1. The van der Waals surface area contributed by atoms with E-state index in [1.807, 2.05) is 4.90 Å². The van der Waals surface area contributed by atoms with Crippen molar-refractivity contribution in [2.45, 2.75) is 6.42 Å². The van der Waals surface area contributed by atoms with Crippen LogP contribution in [-0.2, 0) is 20.7 Å². The lowest BCUT2D eigenvalue weighted by Gasteiger charge is -2.34. The number of hydrogen-bond acceptors (Lipinski definition) is 6. The van der Waals surface area contributed by atoms with Crippen molar-refractivity contribution in [1.82, 2.24) is 14.9 Å². The predicted molar refractivity (Wildman–Crippen MR) is 96.9 cm³/mol. The molecule has 3 rings (SSSR count). The third-order valence-electron chi connectivity index (χ3n) is 4.21. The number of amides is 1. The van der Waals surface area contributed by atoms with Crippen molar-refractivity contribution in [2.24, 2.45) is 0 Å². The molecule has 0 unspecified atom stereocenters. The van der Waals surface area contributed by atoms with Crippen LogP contribution < -0.4 is 4.90 Å². The van der Waals surface area contributed by atoms with Crippen molar-refractivity contribution in [2.75, 3.05) is 37.7 Å². The van der Waals surface area contributed by atoms with Crippen molar-refractivity contribution in [1.29, 1.82) is 0 Å². The second-order valence-electron chi connectivity index (χ2n) is 5.95. The maximum atomic E-state index is 13.7. The highest BCUT2D eigenvalue weighted by Crippen LogP contribution is 2.19. The summed E-state index contributed by atoms with van der Waals surface area (Å²) in [7, 11) is 0. The van der Waals surface area contributed by atoms with E-state index in [9.17, 15) is 14.0 Å². The minimum Gasteiger partial charge on any atom is -0.455 e. The van der Waals surface area contributed by atoms with Gasteiger partial charge in [-0.25, -0.2) is 14.4 Å². The van der Waals surface area contributed by atoms with Crippen molar-refractivity contribution < 1.29 is 18.7 Å². The summed E-state index contributed by atoms with van der Waals surface area (Å²) in [6.07, 6.45) is 3.01. The standard InChI is InChI=1S/C18H18ClFN4O3/c19-14-3-1-4-15(20)13(14)11-17(26)27-12-16(25)23-7-9-24(10-8-23)18-21-5-2-6-22-18/h1-6H,7-12H2. The molecule has 0 aliphatic carbocycles. The summed E-state index contributed by atoms with van der Waals surface area (Å²) in [4.78, 5) is 36.1. The molecular formula is C18H18ClFN4O3. The number of anilines is 1. The van der Waals surface area contributed by atoms with Gasteiger partial charge in [0.1, 0.15) is 5.82 Å². The minimum absolute atomic E-state index is 0.0630. The summed E-state index contributed by atoms with van der Waals surface area (Å²) in [6.45, 7) is 1.76. The van der Waals surface area contributed by atoms with Crippen LogP contribution >= 0.6 is 11.6 Å². The number of carbonyl (C=O) groups is 2. The molecule has 0 spiro atoms. The number of ether oxygens (including phenoxy) is 1. The minimum atomic E-state index is -0.702. The molecule has 1 saturated heterocycles. The summed E-state index contributed by atoms with van der Waals surface area (Å²) in [5, 5.41) is 0.150. The molecule has 1 aliphatic rings. The maximum Gasteiger partial charge on any atom is 0.310 e. The monoisotopic (exact) mass is 392 g/mol. The van der Waals surface area contributed by atoms with E-state index in [4.69, 9.17) is 16.3 Å². The zero-order valence-corrected chi connectivity index (χ0v) is 15.2. The van der Waals surface area contributed by atoms with Crippen LogP contribution in [0.5, 0.6) is 0 Å². The van der Waals surface area contributed by atoms with Gasteiger partial charge in [-0.2, -0.15) is 0 Å². The van der Waals surface area contributed by atoms with Crippen molar-refractivity contribution in [3.63, 3.8) is 0 Å². The number of aromatic nitrogens is 2. The van der Waals surface area contributed by atoms with E-state index in [2.05, 4.69) is 9.97 Å². The zero-order valence-electron chi connectivity index (χ0n) is 14.5. The first kappa shape index (κ1) is 19.0. The van der Waals surface area contributed by atoms with Gasteiger partial charge in [0.15, 0.2) is 6.61 Å². The Bertz CT molecular complexity index is 793. The number of halogens is 2. The van der Waals surface area contributed by atoms with Gasteiger partial charge in [-0.15, -0.1) is 0 Å². The second-order valence-corrected chi connectivity index (χ2v) is 6.36. The Kier molecular flexibility index (Phi) is 6.18. The first-order valence-electron chi connectivity index (χ1n) is 8.43. The van der Waals surface area contributed by atoms with Crippen LogP contribution in [0.2, 0.25) is 5.02 Å². The van der Waals surface area contributed by atoms with E-state index < -0.39 is 11.8 Å². The van der Waals surface area contributed by atoms with Crippen LogP contribution in [0.4, 0.5) is 10.3 Å². The topological polar surface area (TPSA) is 75.6 Å². The zero-order chi connectivity index (χ0) is 19.2. The number of nitrogens with zero attached hydrogens (tertiary/aromatic N) is 4. The molecule has 27 heavy (non-hydrogen) atoms. The summed E-state index contributed by atoms with van der Waals surface area (Å²) in [5.74, 6) is -0.953. The molecule has 1 aliphatic heterocycles. The molecule has 1 aromatic heterocycles. The van der Waals surface area contributed by atoms with Gasteiger partial charge in [-0.1, -0.05) is 17.7 Å². The molecule has 142 valence electrons. The summed E-state index contributed by atoms with van der Waals surface area (Å²) in [6, 6.07) is 5.91. The average molecular weight is 393 g/mol. The normalized spacial score (nSPS) is 14.1. The van der Waals surface area contributed by atoms with Crippen LogP contribution in [0.3, 0.4) is 0 Å². The Labute approximate surface area is 160 Å². The third-order valence-corrected chi connectivity index (χ3v) is 4.56. The Morgan fingerprint density at radius 3 is 2.48 bits per heavy atom. The fraction of sp³-hybridized carbons (Fsp3) is 0.333. The molecule has 2 aromatic rings. The lowest BCUT2D eigenvalue weighted by atomic mass is 10.1. The molecular weight excluding hydrogens is 375 g/mol. The van der Waals surface area contributed by atoms with E-state index >= 15 is 0 Å². The molecule has 0 atom stereocenters. The van der Waals surface area contributed by atoms with Crippen LogP contribution in [0.25, 0.3) is 0 Å². The molecule has 0 radical (unpaired) electrons. The van der Waals surface area contributed by atoms with E-state index in [1.165, 1.54) is 18.2 Å². The van der Waals surface area contributed by atoms with Crippen LogP contribution in [-0.4, -0.2) is 59.5 Å². The largest absolute Gasteiger partial charge is 0.455 e. The number of benzene rings is 1. The van der Waals surface area contributed by atoms with E-state index in [0.717, 1.165) is 0 Å². The van der Waals surface area contributed by atoms with Crippen molar-refractivity contribution in [3.8, 4) is 0 Å². The van der Waals surface area contributed by atoms with Crippen molar-refractivity contribution >= 4 is 29.4 Å². The number of rotatable bonds is 5. The van der Waals surface area contributed by atoms with E-state index in [1.54, 1.807) is 23.4 Å². The third kappa shape index (κ3) is 4.91. The first-order valence-corrected chi connectivity index (χ1v) is 8.80. The van der Waals surface area contributed by atoms with Gasteiger partial charge in [0, 0.05) is 49.2 Å². The molecule has 1 amide bonds. The number of esters is 1. The molecule has 0 saturated carbocycles. The fourth-order valence-electron chi connectivity index (χ4n) is 2.74. The summed E-state index contributed by atoms with van der Waals surface area (Å²) < 4.78 is 18.7. The highest BCUT2D eigenvalue weighted by Gasteiger charge is 2.23. The Balaban J connectivity index is 1.45. The fourth-order valence-corrected chi connectivity index (χ4v) is 2.97. The SMILES string of the molecule is O=C(Cc1c(F)cccc1Cl)OCC(=O)N1CCN(c2ncccn2)CC1. The van der Waals surface area contributed by atoms with Gasteiger partial charge < -0.3 is 14.5 Å². The highest BCUT2D eigenvalue weighted by atomic mass is 35.5. The lowest BCUT2D eigenvalue weighted by Crippen LogP contribution is -2.50. The quantitative estimate of drug-likeness (QED) is 0.721. The van der Waals surface area contributed by atoms with Crippen molar-refractivity contribution in [3.05, 3.63) is 53.1 Å². The Morgan fingerprint density at radius 1 is 1.11 bits per heavy atom. The van der Waals surface area contributed by atoms with Crippen LogP contribution in [0.1, 0.15) is 5.56 Å². The number of hydrogen-bond donors (Lipinski definition) is 0. The first-order chi connectivity index (χ1) is 13.0. The molecule has 7 nitrogen and oxygen atoms in total. The van der Waals surface area contributed by atoms with Gasteiger partial charge in [0.05, 0.1) is 6.42 Å². The molecule has 0 bridgehead atoms. The number of carbonyl (C=O) groups excluding carboxylic acids is 2. The van der Waals surface area contributed by atoms with Crippen LogP contribution in [0.15, 0.2) is 36.7 Å². The molecule has 9 heteroatoms. The summed E-state index contributed by atoms with van der Waals surface area (Å²) in [5.41, 5.74) is 0.0630. The van der Waals surface area contributed by atoms with Gasteiger partial charge >= 0.3 is 5.97 Å². The Morgan fingerprint density at radius 2 is 1.81 bits per heavy atom. The smallest absolute Gasteiger partial charge is 0.310 e. The summed E-state index contributed by atoms with van der Waals surface area (Å²) >= 11 is 5.88. The van der Waals surface area contributed by atoms with Gasteiger partial charge in [0.2, 0.25) is 5.95 Å².